The number of anilines is 1. The summed E-state index contributed by atoms with van der Waals surface area (Å²) in [5.41, 5.74) is 2.72. The number of rotatable bonds is 7. The lowest BCUT2D eigenvalue weighted by Gasteiger charge is -2.17. The van der Waals surface area contributed by atoms with Gasteiger partial charge in [0.1, 0.15) is 12.1 Å². The fourth-order valence-electron chi connectivity index (χ4n) is 3.94. The van der Waals surface area contributed by atoms with Gasteiger partial charge in [-0.1, -0.05) is 6.07 Å². The highest BCUT2D eigenvalue weighted by Crippen LogP contribution is 2.33. The molecule has 2 N–H and O–H groups in total. The van der Waals surface area contributed by atoms with E-state index in [2.05, 4.69) is 30.4 Å². The standard InChI is InChI=1S/C23H26N6O2/c1-31-23-11-20(25-14-26-23)16-4-5-18(21(30)10-16)19-6-7-22(28-27-19)29-9-8-17(13-29)24-12-15-2-3-15/h4-7,10-11,14-15,17,24,30H,2-3,8-9,12-13H2,1H3. The third-order valence-electron chi connectivity index (χ3n) is 5.98. The molecule has 1 unspecified atom stereocenters. The smallest absolute Gasteiger partial charge is 0.216 e. The van der Waals surface area contributed by atoms with Crippen molar-refractivity contribution in [3.63, 3.8) is 0 Å². The summed E-state index contributed by atoms with van der Waals surface area (Å²) < 4.78 is 5.15. The van der Waals surface area contributed by atoms with Gasteiger partial charge in [-0.05, 0) is 56.0 Å². The highest BCUT2D eigenvalue weighted by atomic mass is 16.5. The molecule has 8 nitrogen and oxygen atoms in total. The quantitative estimate of drug-likeness (QED) is 0.605. The Morgan fingerprint density at radius 2 is 1.97 bits per heavy atom. The van der Waals surface area contributed by atoms with Gasteiger partial charge < -0.3 is 20.1 Å². The van der Waals surface area contributed by atoms with Crippen LogP contribution in [0.2, 0.25) is 0 Å². The largest absolute Gasteiger partial charge is 0.507 e. The topological polar surface area (TPSA) is 96.3 Å². The number of aromatic nitrogens is 4. The molecule has 0 radical (unpaired) electrons. The van der Waals surface area contributed by atoms with Crippen LogP contribution in [0.3, 0.4) is 0 Å². The molecule has 1 saturated carbocycles. The molecule has 0 bridgehead atoms. The van der Waals surface area contributed by atoms with Crippen LogP contribution in [0, 0.1) is 5.92 Å². The van der Waals surface area contributed by atoms with Gasteiger partial charge in [0.05, 0.1) is 18.5 Å². The first-order valence-corrected chi connectivity index (χ1v) is 10.7. The van der Waals surface area contributed by atoms with Gasteiger partial charge in [-0.15, -0.1) is 10.2 Å². The second kappa shape index (κ2) is 8.47. The van der Waals surface area contributed by atoms with Gasteiger partial charge in [-0.25, -0.2) is 9.97 Å². The Bertz CT molecular complexity index is 1050. The van der Waals surface area contributed by atoms with Crippen LogP contribution in [-0.4, -0.2) is 58.1 Å². The van der Waals surface area contributed by atoms with E-state index in [1.54, 1.807) is 19.2 Å². The highest BCUT2D eigenvalue weighted by molar-refractivity contribution is 5.73. The highest BCUT2D eigenvalue weighted by Gasteiger charge is 2.27. The van der Waals surface area contributed by atoms with Gasteiger partial charge in [0.15, 0.2) is 5.82 Å². The van der Waals surface area contributed by atoms with E-state index in [-0.39, 0.29) is 5.75 Å². The number of phenols is 1. The minimum atomic E-state index is 0.127. The van der Waals surface area contributed by atoms with E-state index in [4.69, 9.17) is 4.74 Å². The predicted octanol–water partition coefficient (Wildman–Crippen LogP) is 2.89. The molecule has 1 aliphatic heterocycles. The maximum atomic E-state index is 10.6. The number of phenolic OH excluding ortho intramolecular Hbond substituents is 1. The van der Waals surface area contributed by atoms with Crippen molar-refractivity contribution in [3.05, 3.63) is 42.7 Å². The summed E-state index contributed by atoms with van der Waals surface area (Å²) in [6.45, 7) is 3.09. The molecule has 2 aliphatic rings. The van der Waals surface area contributed by atoms with Crippen LogP contribution in [0.15, 0.2) is 42.7 Å². The van der Waals surface area contributed by atoms with Crippen molar-refractivity contribution >= 4 is 5.82 Å². The second-order valence-corrected chi connectivity index (χ2v) is 8.24. The third kappa shape index (κ3) is 4.44. The van der Waals surface area contributed by atoms with Crippen molar-refractivity contribution in [2.45, 2.75) is 25.3 Å². The van der Waals surface area contributed by atoms with Crippen LogP contribution in [0.25, 0.3) is 22.5 Å². The number of methoxy groups -OCH3 is 1. The molecule has 3 heterocycles. The summed E-state index contributed by atoms with van der Waals surface area (Å²) in [5.74, 6) is 2.37. The molecule has 0 amide bonds. The Kier molecular flexibility index (Phi) is 5.38. The Morgan fingerprint density at radius 3 is 2.71 bits per heavy atom. The fourth-order valence-corrected chi connectivity index (χ4v) is 3.94. The minimum Gasteiger partial charge on any atom is -0.507 e. The molecule has 2 fully saturated rings. The molecule has 5 rings (SSSR count). The fraction of sp³-hybridized carbons (Fsp3) is 0.391. The maximum absolute atomic E-state index is 10.6. The lowest BCUT2D eigenvalue weighted by Crippen LogP contribution is -2.34. The molecule has 1 atom stereocenters. The van der Waals surface area contributed by atoms with Gasteiger partial charge >= 0.3 is 0 Å². The second-order valence-electron chi connectivity index (χ2n) is 8.24. The molecule has 2 aromatic heterocycles. The summed E-state index contributed by atoms with van der Waals surface area (Å²) in [6, 6.07) is 11.5. The van der Waals surface area contributed by atoms with Gasteiger partial charge in [-0.2, -0.15) is 0 Å². The number of hydrogen-bond donors (Lipinski definition) is 2. The normalized spacial score (nSPS) is 18.4. The minimum absolute atomic E-state index is 0.127. The van der Waals surface area contributed by atoms with E-state index in [9.17, 15) is 5.11 Å². The zero-order valence-corrected chi connectivity index (χ0v) is 17.5. The lowest BCUT2D eigenvalue weighted by molar-refractivity contribution is 0.397. The van der Waals surface area contributed by atoms with Crippen molar-refractivity contribution in [2.75, 3.05) is 31.6 Å². The molecular formula is C23H26N6O2. The number of nitrogens with one attached hydrogen (secondary N) is 1. The zero-order chi connectivity index (χ0) is 21.2. The van der Waals surface area contributed by atoms with E-state index in [1.165, 1.54) is 19.2 Å². The van der Waals surface area contributed by atoms with Crippen LogP contribution >= 0.6 is 0 Å². The Morgan fingerprint density at radius 1 is 1.06 bits per heavy atom. The van der Waals surface area contributed by atoms with Crippen LogP contribution in [0.1, 0.15) is 19.3 Å². The van der Waals surface area contributed by atoms with E-state index in [1.807, 2.05) is 24.3 Å². The Balaban J connectivity index is 1.28. The third-order valence-corrected chi connectivity index (χ3v) is 5.98. The maximum Gasteiger partial charge on any atom is 0.216 e. The predicted molar refractivity (Wildman–Crippen MR) is 118 cm³/mol. The summed E-state index contributed by atoms with van der Waals surface area (Å²) in [5, 5.41) is 23.1. The number of aromatic hydroxyl groups is 1. The lowest BCUT2D eigenvalue weighted by atomic mass is 10.1. The van der Waals surface area contributed by atoms with Crippen LogP contribution in [-0.2, 0) is 0 Å². The van der Waals surface area contributed by atoms with Crippen LogP contribution in [0.5, 0.6) is 11.6 Å². The monoisotopic (exact) mass is 418 g/mol. The van der Waals surface area contributed by atoms with Crippen LogP contribution < -0.4 is 15.0 Å². The number of nitrogens with zero attached hydrogens (tertiary/aromatic N) is 5. The SMILES string of the molecule is COc1cc(-c2ccc(-c3ccc(N4CCC(NCC5CC5)C4)nn3)c(O)c2)ncn1. The summed E-state index contributed by atoms with van der Waals surface area (Å²) >= 11 is 0. The Labute approximate surface area is 181 Å². The zero-order valence-electron chi connectivity index (χ0n) is 17.5. The van der Waals surface area contributed by atoms with Crippen LogP contribution in [0.4, 0.5) is 5.82 Å². The van der Waals surface area contributed by atoms with Gasteiger partial charge in [-0.3, -0.25) is 0 Å². The van der Waals surface area contributed by atoms with Crippen molar-refractivity contribution in [2.24, 2.45) is 5.92 Å². The molecule has 1 aromatic carbocycles. The molecule has 1 aliphatic carbocycles. The van der Waals surface area contributed by atoms with Gasteiger partial charge in [0.25, 0.3) is 0 Å². The summed E-state index contributed by atoms with van der Waals surface area (Å²) in [7, 11) is 1.56. The van der Waals surface area contributed by atoms with E-state index in [0.29, 0.717) is 28.9 Å². The number of hydrogen-bond acceptors (Lipinski definition) is 8. The first-order valence-electron chi connectivity index (χ1n) is 10.7. The number of benzene rings is 1. The molecule has 3 aromatic rings. The molecular weight excluding hydrogens is 392 g/mol. The molecule has 8 heteroatoms. The average molecular weight is 419 g/mol. The average Bonchev–Trinajstić information content (AvgIpc) is 3.53. The molecule has 1 saturated heterocycles. The Hall–Kier alpha value is -3.26. The van der Waals surface area contributed by atoms with E-state index in [0.717, 1.165) is 43.4 Å². The van der Waals surface area contributed by atoms with E-state index >= 15 is 0 Å². The van der Waals surface area contributed by atoms with Crippen molar-refractivity contribution in [3.8, 4) is 34.1 Å². The van der Waals surface area contributed by atoms with Crippen molar-refractivity contribution in [1.29, 1.82) is 0 Å². The van der Waals surface area contributed by atoms with Crippen molar-refractivity contribution < 1.29 is 9.84 Å². The molecule has 0 spiro atoms. The summed E-state index contributed by atoms with van der Waals surface area (Å²) in [4.78, 5) is 10.5. The first-order chi connectivity index (χ1) is 15.2. The molecule has 31 heavy (non-hydrogen) atoms. The van der Waals surface area contributed by atoms with Crippen molar-refractivity contribution in [1.82, 2.24) is 25.5 Å². The number of ether oxygens (including phenoxy) is 1. The van der Waals surface area contributed by atoms with Gasteiger partial charge in [0.2, 0.25) is 5.88 Å². The first kappa shape index (κ1) is 19.7. The molecule has 160 valence electrons. The van der Waals surface area contributed by atoms with E-state index < -0.39 is 0 Å². The summed E-state index contributed by atoms with van der Waals surface area (Å²) in [6.07, 6.45) is 5.31. The van der Waals surface area contributed by atoms with Gasteiger partial charge in [0, 0.05) is 36.3 Å².